The van der Waals surface area contributed by atoms with Crippen molar-refractivity contribution in [1.82, 2.24) is 10.7 Å². The number of nitrogens with zero attached hydrogens (tertiary/aromatic N) is 1. The summed E-state index contributed by atoms with van der Waals surface area (Å²) in [6.45, 7) is 7.48. The fourth-order valence-corrected chi connectivity index (χ4v) is 7.92. The first-order valence-corrected chi connectivity index (χ1v) is 13.6. The maximum absolute atomic E-state index is 17.4. The molecule has 0 aromatic carbocycles. The first-order chi connectivity index (χ1) is 18.1. The number of rotatable bonds is 6. The number of hydrazone groups is 1. The number of amides is 2. The molecule has 0 unspecified atom stereocenters. The molecule has 0 heterocycles. The number of nitrogens with one attached hydrogen (secondary N) is 2. The molecule has 4 aliphatic rings. The fourth-order valence-electron chi connectivity index (χ4n) is 7.92. The van der Waals surface area contributed by atoms with Crippen LogP contribution in [0.3, 0.4) is 0 Å². The van der Waals surface area contributed by atoms with Crippen molar-refractivity contribution in [3.63, 3.8) is 0 Å². The second kappa shape index (κ2) is 10.1. The molecule has 4 rings (SSSR count). The maximum Gasteiger partial charge on any atom is 0.407 e. The number of carbonyl (C=O) groups excluding carboxylic acids is 3. The molecule has 216 valence electrons. The molecule has 3 saturated carbocycles. The molecule has 39 heavy (non-hydrogen) atoms. The molecule has 8 atom stereocenters. The Morgan fingerprint density at radius 3 is 2.59 bits per heavy atom. The van der Waals surface area contributed by atoms with Crippen molar-refractivity contribution in [3.8, 4) is 0 Å². The number of allylic oxidation sites excluding steroid dienone is 4. The van der Waals surface area contributed by atoms with Gasteiger partial charge >= 0.3 is 6.09 Å². The summed E-state index contributed by atoms with van der Waals surface area (Å²) in [7, 11) is 0. The Bertz CT molecular complexity index is 1140. The van der Waals surface area contributed by atoms with E-state index in [1.807, 2.05) is 0 Å². The van der Waals surface area contributed by atoms with Gasteiger partial charge < -0.3 is 25.4 Å². The van der Waals surface area contributed by atoms with E-state index in [2.05, 4.69) is 15.8 Å². The van der Waals surface area contributed by atoms with Gasteiger partial charge in [0.15, 0.2) is 11.5 Å². The van der Waals surface area contributed by atoms with Crippen LogP contribution in [0.5, 0.6) is 0 Å². The number of fused-ring (bicyclic) bond motifs is 5. The van der Waals surface area contributed by atoms with Crippen molar-refractivity contribution < 1.29 is 38.8 Å². The lowest BCUT2D eigenvalue weighted by atomic mass is 9.44. The Morgan fingerprint density at radius 1 is 1.26 bits per heavy atom. The highest BCUT2D eigenvalue weighted by molar-refractivity contribution is 6.06. The average Bonchev–Trinajstić information content (AvgIpc) is 3.07. The highest BCUT2D eigenvalue weighted by Gasteiger charge is 2.75. The fraction of sp³-hybridized carbons (Fsp3) is 0.714. The zero-order valence-electron chi connectivity index (χ0n) is 23.2. The highest BCUT2D eigenvalue weighted by atomic mass is 19.1. The van der Waals surface area contributed by atoms with Crippen LogP contribution in [0.2, 0.25) is 0 Å². The number of ketones is 1. The number of ether oxygens (including phenoxy) is 1. The number of Topliss-reactive ketones (excluding diaryl/α,β-unsaturated/α-hetero) is 1. The molecular weight excluding hydrogens is 509 g/mol. The average molecular weight is 550 g/mol. The van der Waals surface area contributed by atoms with Crippen molar-refractivity contribution >= 4 is 23.5 Å². The van der Waals surface area contributed by atoms with E-state index in [1.165, 1.54) is 0 Å². The number of hydrogen-bond acceptors (Lipinski definition) is 8. The van der Waals surface area contributed by atoms with Crippen LogP contribution in [0.1, 0.15) is 60.3 Å². The van der Waals surface area contributed by atoms with E-state index in [9.17, 15) is 29.7 Å². The predicted octanol–water partition coefficient (Wildman–Crippen LogP) is 1.93. The highest BCUT2D eigenvalue weighted by Crippen LogP contribution is 2.70. The number of carbonyl (C=O) groups is 3. The SMILES string of the molecule is CC(C)OC(=O)NCC(=O)N/N=C1\C=C[C@@]2(C)C(=C1)CC[C@H]1[C@@H]3C[C@@H](C)[C@](O)(C(=O)CO)[C@@]3(C)C[C@H](O)[C@@]12F. The summed E-state index contributed by atoms with van der Waals surface area (Å²) in [5.74, 6) is -2.71. The van der Waals surface area contributed by atoms with E-state index < -0.39 is 64.4 Å². The van der Waals surface area contributed by atoms with Gasteiger partial charge in [-0.25, -0.2) is 14.6 Å². The molecule has 10 nitrogen and oxygen atoms in total. The summed E-state index contributed by atoms with van der Waals surface area (Å²) in [5, 5.41) is 39.0. The van der Waals surface area contributed by atoms with Gasteiger partial charge in [-0.1, -0.05) is 25.5 Å². The number of aliphatic hydroxyl groups excluding tert-OH is 2. The maximum atomic E-state index is 17.4. The van der Waals surface area contributed by atoms with Crippen molar-refractivity contribution in [2.45, 2.75) is 83.8 Å². The van der Waals surface area contributed by atoms with Gasteiger partial charge in [0.2, 0.25) is 0 Å². The molecule has 0 spiro atoms. The van der Waals surface area contributed by atoms with E-state index in [0.29, 0.717) is 25.0 Å². The zero-order valence-corrected chi connectivity index (χ0v) is 23.2. The molecule has 0 aliphatic heterocycles. The van der Waals surface area contributed by atoms with Gasteiger partial charge in [0, 0.05) is 16.7 Å². The lowest BCUT2D eigenvalue weighted by molar-refractivity contribution is -0.219. The number of aliphatic hydroxyl groups is 3. The minimum atomic E-state index is -2.06. The van der Waals surface area contributed by atoms with E-state index in [4.69, 9.17) is 4.74 Å². The Kier molecular flexibility index (Phi) is 7.59. The quantitative estimate of drug-likeness (QED) is 0.317. The Hall–Kier alpha value is -2.63. The Balaban J connectivity index is 1.54. The van der Waals surface area contributed by atoms with Gasteiger partial charge in [-0.15, -0.1) is 0 Å². The second-order valence-electron chi connectivity index (χ2n) is 12.2. The van der Waals surface area contributed by atoms with Crippen LogP contribution in [-0.4, -0.2) is 75.4 Å². The Labute approximate surface area is 227 Å². The van der Waals surface area contributed by atoms with Crippen molar-refractivity contribution in [2.75, 3.05) is 13.2 Å². The third-order valence-corrected chi connectivity index (χ3v) is 9.85. The van der Waals surface area contributed by atoms with E-state index in [0.717, 1.165) is 5.57 Å². The first kappa shape index (κ1) is 29.4. The second-order valence-corrected chi connectivity index (χ2v) is 12.2. The molecule has 0 aromatic heterocycles. The largest absolute Gasteiger partial charge is 0.447 e. The molecular formula is C28H40FN3O7. The molecule has 0 saturated heterocycles. The summed E-state index contributed by atoms with van der Waals surface area (Å²) in [5.41, 5.74) is -2.64. The predicted molar refractivity (Wildman–Crippen MR) is 140 cm³/mol. The molecule has 0 aromatic rings. The van der Waals surface area contributed by atoms with Crippen LogP contribution in [0.4, 0.5) is 9.18 Å². The van der Waals surface area contributed by atoms with Gasteiger partial charge in [0.25, 0.3) is 5.91 Å². The molecule has 4 aliphatic carbocycles. The number of alkyl carbamates (subject to hydrolysis) is 1. The van der Waals surface area contributed by atoms with Crippen molar-refractivity contribution in [1.29, 1.82) is 0 Å². The van der Waals surface area contributed by atoms with E-state index >= 15 is 4.39 Å². The third kappa shape index (κ3) is 4.33. The molecule has 0 bridgehead atoms. The van der Waals surface area contributed by atoms with Crippen molar-refractivity contribution in [3.05, 3.63) is 23.8 Å². The van der Waals surface area contributed by atoms with Crippen LogP contribution in [-0.2, 0) is 14.3 Å². The van der Waals surface area contributed by atoms with Crippen LogP contribution < -0.4 is 10.7 Å². The monoisotopic (exact) mass is 549 g/mol. The standard InChI is InChI=1S/C28H40FN3O7/c1-15(2)39-24(37)30-13-23(36)32-31-18-8-9-25(4)17(11-18)6-7-19-20-10-16(3)28(38,22(35)14-33)26(20,5)12-21(34)27(19,25)29/h8-9,11,15-16,19-21,33-34,38H,6-7,10,12-14H2,1-5H3,(H,30,37)(H,32,36)/b31-18+/t16-,19+,20+,21+,25+,26+,27+,28+/m1/s1. The summed E-state index contributed by atoms with van der Waals surface area (Å²) in [6, 6.07) is 0. The molecule has 5 N–H and O–H groups in total. The Morgan fingerprint density at radius 2 is 1.95 bits per heavy atom. The smallest absolute Gasteiger partial charge is 0.407 e. The van der Waals surface area contributed by atoms with Gasteiger partial charge in [0.05, 0.1) is 17.9 Å². The molecule has 3 fully saturated rings. The molecule has 0 radical (unpaired) electrons. The van der Waals surface area contributed by atoms with Gasteiger partial charge in [0.1, 0.15) is 18.8 Å². The summed E-state index contributed by atoms with van der Waals surface area (Å²) in [6.07, 6.45) is 3.69. The summed E-state index contributed by atoms with van der Waals surface area (Å²) < 4.78 is 22.3. The van der Waals surface area contributed by atoms with Gasteiger partial charge in [-0.2, -0.15) is 5.10 Å². The van der Waals surface area contributed by atoms with Gasteiger partial charge in [-0.05, 0) is 70.4 Å². The third-order valence-electron chi connectivity index (χ3n) is 9.85. The number of alkyl halides is 1. The summed E-state index contributed by atoms with van der Waals surface area (Å²) >= 11 is 0. The zero-order chi connectivity index (χ0) is 29.0. The lowest BCUT2D eigenvalue weighted by Gasteiger charge is -2.62. The minimum Gasteiger partial charge on any atom is -0.447 e. The van der Waals surface area contributed by atoms with Crippen molar-refractivity contribution in [2.24, 2.45) is 33.7 Å². The summed E-state index contributed by atoms with van der Waals surface area (Å²) in [4.78, 5) is 36.4. The number of hydrogen-bond donors (Lipinski definition) is 5. The number of halogens is 1. The topological polar surface area (TPSA) is 158 Å². The van der Waals surface area contributed by atoms with Crippen LogP contribution in [0.25, 0.3) is 0 Å². The first-order valence-electron chi connectivity index (χ1n) is 13.6. The normalized spacial score (nSPS) is 41.8. The van der Waals surface area contributed by atoms with E-state index in [-0.39, 0.29) is 25.0 Å². The van der Waals surface area contributed by atoms with Crippen LogP contribution in [0.15, 0.2) is 28.9 Å². The van der Waals surface area contributed by atoms with Crippen LogP contribution >= 0.6 is 0 Å². The lowest BCUT2D eigenvalue weighted by Crippen LogP contribution is -2.69. The van der Waals surface area contributed by atoms with Crippen LogP contribution in [0, 0.1) is 28.6 Å². The molecule has 2 amide bonds. The van der Waals surface area contributed by atoms with Gasteiger partial charge in [-0.3, -0.25) is 9.59 Å². The van der Waals surface area contributed by atoms with E-state index in [1.54, 1.807) is 52.8 Å². The minimum absolute atomic E-state index is 0.114. The molecule has 11 heteroatoms.